The van der Waals surface area contributed by atoms with Crippen LogP contribution in [0.4, 0.5) is 11.6 Å². The number of hydrogen-bond donors (Lipinski definition) is 2. The minimum atomic E-state index is 0. The molecule has 2 fully saturated rings. The molecular weight excluding hydrogens is 539 g/mol. The normalized spacial score (nSPS) is 21.1. The number of likely N-dealkylation sites (tertiary alicyclic amines) is 1. The maximum absolute atomic E-state index is 12.8. The molecule has 0 bridgehead atoms. The second-order valence-electron chi connectivity index (χ2n) is 9.20. The predicted octanol–water partition coefficient (Wildman–Crippen LogP) is 5.75. The first-order chi connectivity index (χ1) is 16.0. The second-order valence-corrected chi connectivity index (χ2v) is 10.3. The third kappa shape index (κ3) is 7.07. The fraction of sp³-hybridized carbons (Fsp3) is 0.440. The molecule has 36 heavy (non-hydrogen) atoms. The van der Waals surface area contributed by atoms with Crippen molar-refractivity contribution in [2.75, 3.05) is 18.4 Å². The van der Waals surface area contributed by atoms with Crippen LogP contribution in [0.25, 0.3) is 10.6 Å². The molecule has 1 atom stereocenters. The zero-order valence-corrected chi connectivity index (χ0v) is 23.4. The highest BCUT2D eigenvalue weighted by molar-refractivity contribution is 7.15. The molecule has 3 aromatic heterocycles. The van der Waals surface area contributed by atoms with Crippen LogP contribution in [0.2, 0.25) is 0 Å². The maximum Gasteiger partial charge on any atom is 0.225 e. The number of pyridine rings is 2. The van der Waals surface area contributed by atoms with E-state index in [2.05, 4.69) is 10.3 Å². The average molecular weight is 572 g/mol. The van der Waals surface area contributed by atoms with Crippen molar-refractivity contribution in [3.8, 4) is 10.6 Å². The van der Waals surface area contributed by atoms with Gasteiger partial charge in [0.15, 0.2) is 0 Å². The number of nitrogens with zero attached hydrogens (tertiary/aromatic N) is 4. The van der Waals surface area contributed by atoms with Crippen LogP contribution in [-0.4, -0.2) is 44.9 Å². The monoisotopic (exact) mass is 570 g/mol. The van der Waals surface area contributed by atoms with Crippen LogP contribution in [0, 0.1) is 12.8 Å². The minimum Gasteiger partial charge on any atom is -0.341 e. The molecule has 1 aliphatic heterocycles. The van der Waals surface area contributed by atoms with E-state index in [1.165, 1.54) is 0 Å². The van der Waals surface area contributed by atoms with E-state index in [4.69, 9.17) is 15.7 Å². The molecule has 11 heteroatoms. The number of thiazole rings is 1. The van der Waals surface area contributed by atoms with Gasteiger partial charge in [-0.2, -0.15) is 0 Å². The van der Waals surface area contributed by atoms with Gasteiger partial charge < -0.3 is 16.0 Å². The lowest BCUT2D eigenvalue weighted by Gasteiger charge is -2.29. The SMILES string of the molecule is Cc1ccnc(Nc2cccc(-c3cnc(C4CCC(C(=O)N5CCC(N)C5)CC4)s3)n2)c1.Cl.Cl.Cl. The molecule has 1 saturated heterocycles. The number of aromatic nitrogens is 3. The Kier molecular flexibility index (Phi) is 11.4. The topological polar surface area (TPSA) is 97.0 Å². The van der Waals surface area contributed by atoms with Crippen LogP contribution in [-0.2, 0) is 4.79 Å². The number of rotatable bonds is 5. The first kappa shape index (κ1) is 30.3. The molecule has 0 radical (unpaired) electrons. The fourth-order valence-corrected chi connectivity index (χ4v) is 5.86. The van der Waals surface area contributed by atoms with Crippen molar-refractivity contribution in [1.82, 2.24) is 19.9 Å². The van der Waals surface area contributed by atoms with Gasteiger partial charge in [0.25, 0.3) is 0 Å². The third-order valence-electron chi connectivity index (χ3n) is 6.66. The Bertz CT molecular complexity index is 1140. The highest BCUT2D eigenvalue weighted by Crippen LogP contribution is 2.40. The second kappa shape index (κ2) is 13.5. The van der Waals surface area contributed by atoms with Gasteiger partial charge in [-0.15, -0.1) is 48.6 Å². The lowest BCUT2D eigenvalue weighted by atomic mass is 9.81. The van der Waals surface area contributed by atoms with Crippen LogP contribution < -0.4 is 11.1 Å². The summed E-state index contributed by atoms with van der Waals surface area (Å²) in [6, 6.07) is 10.1. The number of aryl methyl sites for hydroxylation is 1. The van der Waals surface area contributed by atoms with Gasteiger partial charge in [-0.25, -0.2) is 15.0 Å². The summed E-state index contributed by atoms with van der Waals surface area (Å²) in [4.78, 5) is 29.7. The van der Waals surface area contributed by atoms with Crippen LogP contribution >= 0.6 is 48.6 Å². The van der Waals surface area contributed by atoms with E-state index in [0.29, 0.717) is 11.8 Å². The quantitative estimate of drug-likeness (QED) is 0.405. The van der Waals surface area contributed by atoms with Gasteiger partial charge in [-0.1, -0.05) is 6.07 Å². The van der Waals surface area contributed by atoms with Gasteiger partial charge in [0.1, 0.15) is 11.6 Å². The lowest BCUT2D eigenvalue weighted by molar-refractivity contribution is -0.135. The minimum absolute atomic E-state index is 0. The Hall–Kier alpha value is -1.97. The smallest absolute Gasteiger partial charge is 0.225 e. The van der Waals surface area contributed by atoms with Crippen molar-refractivity contribution >= 4 is 66.1 Å². The Morgan fingerprint density at radius 3 is 2.53 bits per heavy atom. The number of carbonyl (C=O) groups is 1. The fourth-order valence-electron chi connectivity index (χ4n) is 4.81. The van der Waals surface area contributed by atoms with Crippen molar-refractivity contribution < 1.29 is 4.79 Å². The number of anilines is 2. The molecule has 1 aliphatic carbocycles. The summed E-state index contributed by atoms with van der Waals surface area (Å²) in [6.07, 6.45) is 8.54. The number of carbonyl (C=O) groups excluding carboxylic acids is 1. The van der Waals surface area contributed by atoms with Gasteiger partial charge in [-0.3, -0.25) is 4.79 Å². The van der Waals surface area contributed by atoms with Gasteiger partial charge in [0.05, 0.1) is 15.6 Å². The highest BCUT2D eigenvalue weighted by Gasteiger charge is 2.33. The van der Waals surface area contributed by atoms with E-state index >= 15 is 0 Å². The number of nitrogens with two attached hydrogens (primary N) is 1. The summed E-state index contributed by atoms with van der Waals surface area (Å²) in [7, 11) is 0. The standard InChI is InChI=1S/C25H30N6OS.3ClH/c1-16-9-11-27-23(13-16)30-22-4-2-3-20(29-22)21-14-28-24(33-21)17-5-7-18(8-6-17)25(32)31-12-10-19(26)15-31;;;/h2-4,9,11,13-14,17-19H,5-8,10,12,15,26H2,1H3,(H,27,29,30);3*1H. The van der Waals surface area contributed by atoms with Gasteiger partial charge in [0.2, 0.25) is 5.91 Å². The predicted molar refractivity (Wildman–Crippen MR) is 153 cm³/mol. The van der Waals surface area contributed by atoms with Crippen molar-refractivity contribution in [3.63, 3.8) is 0 Å². The summed E-state index contributed by atoms with van der Waals surface area (Å²) in [5, 5.41) is 4.44. The van der Waals surface area contributed by atoms with E-state index in [9.17, 15) is 4.79 Å². The molecule has 0 spiro atoms. The van der Waals surface area contributed by atoms with E-state index in [0.717, 1.165) is 78.0 Å². The van der Waals surface area contributed by atoms with Crippen LogP contribution in [0.5, 0.6) is 0 Å². The number of amides is 1. The van der Waals surface area contributed by atoms with Gasteiger partial charge in [0, 0.05) is 43.4 Å². The molecule has 1 saturated carbocycles. The zero-order valence-electron chi connectivity index (χ0n) is 20.1. The molecule has 196 valence electrons. The van der Waals surface area contributed by atoms with E-state index in [-0.39, 0.29) is 49.2 Å². The Balaban J connectivity index is 0.00000152. The van der Waals surface area contributed by atoms with Gasteiger partial charge >= 0.3 is 0 Å². The first-order valence-electron chi connectivity index (χ1n) is 11.7. The molecule has 2 aliphatic rings. The van der Waals surface area contributed by atoms with Gasteiger partial charge in [-0.05, 0) is 68.9 Å². The highest BCUT2D eigenvalue weighted by atomic mass is 35.5. The number of nitrogens with one attached hydrogen (secondary N) is 1. The molecule has 4 heterocycles. The lowest BCUT2D eigenvalue weighted by Crippen LogP contribution is -2.37. The summed E-state index contributed by atoms with van der Waals surface area (Å²) >= 11 is 1.72. The molecule has 5 rings (SSSR count). The molecule has 3 aromatic rings. The molecule has 1 amide bonds. The van der Waals surface area contributed by atoms with Crippen molar-refractivity contribution in [2.24, 2.45) is 11.7 Å². The van der Waals surface area contributed by atoms with E-state index in [1.807, 2.05) is 48.4 Å². The third-order valence-corrected chi connectivity index (χ3v) is 7.84. The largest absolute Gasteiger partial charge is 0.341 e. The molecule has 0 aromatic carbocycles. The van der Waals surface area contributed by atoms with Crippen molar-refractivity contribution in [1.29, 1.82) is 0 Å². The summed E-state index contributed by atoms with van der Waals surface area (Å²) in [5.41, 5.74) is 8.04. The van der Waals surface area contributed by atoms with Crippen LogP contribution in [0.1, 0.15) is 48.6 Å². The molecule has 3 N–H and O–H groups in total. The molecule has 7 nitrogen and oxygen atoms in total. The molecular formula is C25H33Cl3N6OS. The Morgan fingerprint density at radius 1 is 1.06 bits per heavy atom. The maximum atomic E-state index is 12.8. The summed E-state index contributed by atoms with van der Waals surface area (Å²) in [5.74, 6) is 2.42. The van der Waals surface area contributed by atoms with E-state index in [1.54, 1.807) is 17.5 Å². The molecule has 1 unspecified atom stereocenters. The zero-order chi connectivity index (χ0) is 22.8. The Morgan fingerprint density at radius 2 is 1.83 bits per heavy atom. The van der Waals surface area contributed by atoms with Crippen LogP contribution in [0.3, 0.4) is 0 Å². The average Bonchev–Trinajstić information content (AvgIpc) is 3.49. The van der Waals surface area contributed by atoms with Crippen molar-refractivity contribution in [2.45, 2.75) is 51.0 Å². The Labute approximate surface area is 234 Å². The van der Waals surface area contributed by atoms with Crippen LogP contribution in [0.15, 0.2) is 42.7 Å². The summed E-state index contributed by atoms with van der Waals surface area (Å²) < 4.78 is 0. The number of halogens is 3. The van der Waals surface area contributed by atoms with E-state index < -0.39 is 0 Å². The number of hydrogen-bond acceptors (Lipinski definition) is 7. The van der Waals surface area contributed by atoms with Crippen molar-refractivity contribution in [3.05, 3.63) is 53.3 Å². The first-order valence-corrected chi connectivity index (χ1v) is 12.5. The summed E-state index contributed by atoms with van der Waals surface area (Å²) in [6.45, 7) is 3.58.